The largest absolute Gasteiger partial charge is 0.354 e. The Bertz CT molecular complexity index is 932. The lowest BCUT2D eigenvalue weighted by Gasteiger charge is -2.10. The van der Waals surface area contributed by atoms with Gasteiger partial charge in [0.15, 0.2) is 0 Å². The van der Waals surface area contributed by atoms with Crippen LogP contribution >= 0.6 is 0 Å². The van der Waals surface area contributed by atoms with E-state index in [2.05, 4.69) is 26.7 Å². The fourth-order valence-electron chi connectivity index (χ4n) is 2.50. The summed E-state index contributed by atoms with van der Waals surface area (Å²) < 4.78 is 13.7. The molecule has 1 heterocycles. The van der Waals surface area contributed by atoms with Gasteiger partial charge in [0.2, 0.25) is 5.95 Å². The van der Waals surface area contributed by atoms with Crippen LogP contribution in [0, 0.1) is 24.1 Å². The Morgan fingerprint density at radius 3 is 2.58 bits per heavy atom. The number of benzene rings is 2. The first-order valence-corrected chi connectivity index (χ1v) is 8.24. The third-order valence-corrected chi connectivity index (χ3v) is 3.78. The number of nitrogens with one attached hydrogen (secondary N) is 2. The zero-order valence-corrected chi connectivity index (χ0v) is 14.3. The predicted octanol–water partition coefficient (Wildman–Crippen LogP) is 4.19. The first kappa shape index (κ1) is 17.4. The van der Waals surface area contributed by atoms with Gasteiger partial charge >= 0.3 is 0 Å². The molecular formula is C20H18FN5. The monoisotopic (exact) mass is 347 g/mol. The highest BCUT2D eigenvalue weighted by Gasteiger charge is 2.05. The molecule has 2 N–H and O–H groups in total. The first-order chi connectivity index (χ1) is 12.6. The van der Waals surface area contributed by atoms with E-state index in [0.717, 1.165) is 11.4 Å². The van der Waals surface area contributed by atoms with Crippen LogP contribution in [0.2, 0.25) is 0 Å². The highest BCUT2D eigenvalue weighted by atomic mass is 19.1. The van der Waals surface area contributed by atoms with E-state index < -0.39 is 0 Å². The molecular weight excluding hydrogens is 329 g/mol. The molecule has 0 aliphatic rings. The van der Waals surface area contributed by atoms with Crippen LogP contribution in [0.15, 0.2) is 54.6 Å². The van der Waals surface area contributed by atoms with Crippen molar-refractivity contribution >= 4 is 17.5 Å². The minimum absolute atomic E-state index is 0.206. The molecule has 0 spiro atoms. The second-order valence-electron chi connectivity index (χ2n) is 5.80. The van der Waals surface area contributed by atoms with Crippen LogP contribution in [0.4, 0.5) is 21.8 Å². The van der Waals surface area contributed by atoms with Gasteiger partial charge in [-0.2, -0.15) is 10.2 Å². The number of hydrogen-bond donors (Lipinski definition) is 2. The lowest BCUT2D eigenvalue weighted by atomic mass is 10.1. The predicted molar refractivity (Wildman–Crippen MR) is 99.8 cm³/mol. The summed E-state index contributed by atoms with van der Waals surface area (Å²) in [6.07, 6.45) is 0.544. The molecule has 26 heavy (non-hydrogen) atoms. The number of aromatic nitrogens is 2. The highest BCUT2D eigenvalue weighted by molar-refractivity contribution is 5.58. The van der Waals surface area contributed by atoms with Crippen molar-refractivity contribution in [1.29, 1.82) is 5.26 Å². The van der Waals surface area contributed by atoms with Crippen LogP contribution in [-0.2, 0) is 6.42 Å². The molecule has 2 aromatic carbocycles. The van der Waals surface area contributed by atoms with Crippen molar-refractivity contribution in [1.82, 2.24) is 9.97 Å². The minimum atomic E-state index is -0.206. The quantitative estimate of drug-likeness (QED) is 0.699. The van der Waals surface area contributed by atoms with Crippen LogP contribution in [0.5, 0.6) is 0 Å². The number of nitrogens with zero attached hydrogens (tertiary/aromatic N) is 3. The van der Waals surface area contributed by atoms with Gasteiger partial charge in [0.05, 0.1) is 11.6 Å². The Hall–Kier alpha value is -3.46. The Balaban J connectivity index is 1.65. The van der Waals surface area contributed by atoms with Gasteiger partial charge in [0, 0.05) is 24.0 Å². The van der Waals surface area contributed by atoms with Gasteiger partial charge in [-0.15, -0.1) is 0 Å². The standard InChI is InChI=1S/C20H18FN5/c1-14-12-19(25-17-8-6-15(13-22)7-9-17)26-20(24-14)23-11-10-16-4-2-3-5-18(16)21/h2-9,12H,10-11H2,1H3,(H2,23,24,25,26). The van der Waals surface area contributed by atoms with E-state index in [0.29, 0.717) is 35.9 Å². The molecule has 0 unspecified atom stereocenters. The van der Waals surface area contributed by atoms with Crippen molar-refractivity contribution in [2.24, 2.45) is 0 Å². The van der Waals surface area contributed by atoms with E-state index in [1.165, 1.54) is 6.07 Å². The maximum Gasteiger partial charge on any atom is 0.224 e. The van der Waals surface area contributed by atoms with Gasteiger partial charge in [0.1, 0.15) is 11.6 Å². The van der Waals surface area contributed by atoms with Crippen molar-refractivity contribution in [2.75, 3.05) is 17.2 Å². The molecule has 0 radical (unpaired) electrons. The Kier molecular flexibility index (Phi) is 5.40. The van der Waals surface area contributed by atoms with Crippen LogP contribution in [0.3, 0.4) is 0 Å². The smallest absolute Gasteiger partial charge is 0.224 e. The van der Waals surface area contributed by atoms with Gasteiger partial charge in [-0.1, -0.05) is 18.2 Å². The number of halogens is 1. The molecule has 0 amide bonds. The SMILES string of the molecule is Cc1cc(Nc2ccc(C#N)cc2)nc(NCCc2ccccc2F)n1. The lowest BCUT2D eigenvalue weighted by Crippen LogP contribution is -2.10. The average molecular weight is 347 g/mol. The minimum Gasteiger partial charge on any atom is -0.354 e. The Labute approximate surface area is 151 Å². The van der Waals surface area contributed by atoms with Crippen molar-refractivity contribution in [3.8, 4) is 6.07 Å². The first-order valence-electron chi connectivity index (χ1n) is 8.24. The molecule has 1 aromatic heterocycles. The van der Waals surface area contributed by atoms with Crippen molar-refractivity contribution in [2.45, 2.75) is 13.3 Å². The number of nitriles is 1. The molecule has 5 nitrogen and oxygen atoms in total. The van der Waals surface area contributed by atoms with Gasteiger partial charge in [-0.3, -0.25) is 0 Å². The molecule has 0 aliphatic carbocycles. The van der Waals surface area contributed by atoms with Gasteiger partial charge in [0.25, 0.3) is 0 Å². The summed E-state index contributed by atoms with van der Waals surface area (Å²) in [5.74, 6) is 0.927. The van der Waals surface area contributed by atoms with Crippen molar-refractivity contribution < 1.29 is 4.39 Å². The molecule has 0 aliphatic heterocycles. The highest BCUT2D eigenvalue weighted by Crippen LogP contribution is 2.17. The average Bonchev–Trinajstić information content (AvgIpc) is 2.63. The molecule has 6 heteroatoms. The van der Waals surface area contributed by atoms with E-state index in [1.54, 1.807) is 24.3 Å². The zero-order chi connectivity index (χ0) is 18.4. The number of aryl methyl sites for hydroxylation is 1. The molecule has 0 bridgehead atoms. The summed E-state index contributed by atoms with van der Waals surface area (Å²) >= 11 is 0. The molecule has 0 atom stereocenters. The Morgan fingerprint density at radius 2 is 1.85 bits per heavy atom. The van der Waals surface area contributed by atoms with Crippen LogP contribution in [-0.4, -0.2) is 16.5 Å². The third kappa shape index (κ3) is 4.54. The number of rotatable bonds is 6. The third-order valence-electron chi connectivity index (χ3n) is 3.78. The molecule has 3 aromatic rings. The van der Waals surface area contributed by atoms with E-state index in [4.69, 9.17) is 5.26 Å². The summed E-state index contributed by atoms with van der Waals surface area (Å²) in [5, 5.41) is 15.2. The Morgan fingerprint density at radius 1 is 1.08 bits per heavy atom. The van der Waals surface area contributed by atoms with Crippen molar-refractivity contribution in [3.05, 3.63) is 77.2 Å². The zero-order valence-electron chi connectivity index (χ0n) is 14.3. The fourth-order valence-corrected chi connectivity index (χ4v) is 2.50. The lowest BCUT2D eigenvalue weighted by molar-refractivity contribution is 0.610. The number of hydrogen-bond acceptors (Lipinski definition) is 5. The topological polar surface area (TPSA) is 73.6 Å². The van der Waals surface area contributed by atoms with Crippen LogP contribution in [0.25, 0.3) is 0 Å². The number of anilines is 3. The molecule has 0 fully saturated rings. The second-order valence-corrected chi connectivity index (χ2v) is 5.80. The van der Waals surface area contributed by atoms with Crippen molar-refractivity contribution in [3.63, 3.8) is 0 Å². The summed E-state index contributed by atoms with van der Waals surface area (Å²) in [7, 11) is 0. The molecule has 0 saturated heterocycles. The normalized spacial score (nSPS) is 10.2. The molecule has 130 valence electrons. The summed E-state index contributed by atoms with van der Waals surface area (Å²) in [4.78, 5) is 8.79. The molecule has 0 saturated carbocycles. The van der Waals surface area contributed by atoms with Gasteiger partial charge < -0.3 is 10.6 Å². The molecule has 3 rings (SSSR count). The fraction of sp³-hybridized carbons (Fsp3) is 0.150. The van der Waals surface area contributed by atoms with E-state index in [9.17, 15) is 4.39 Å². The summed E-state index contributed by atoms with van der Waals surface area (Å²) in [6.45, 7) is 2.41. The van der Waals surface area contributed by atoms with Gasteiger partial charge in [-0.25, -0.2) is 9.37 Å². The van der Waals surface area contributed by atoms with E-state index in [-0.39, 0.29) is 5.82 Å². The summed E-state index contributed by atoms with van der Waals surface area (Å²) in [6, 6.07) is 17.8. The maximum absolute atomic E-state index is 13.7. The maximum atomic E-state index is 13.7. The summed E-state index contributed by atoms with van der Waals surface area (Å²) in [5.41, 5.74) is 2.90. The van der Waals surface area contributed by atoms with Crippen LogP contribution in [0.1, 0.15) is 16.8 Å². The van der Waals surface area contributed by atoms with Gasteiger partial charge in [-0.05, 0) is 49.2 Å². The van der Waals surface area contributed by atoms with E-state index in [1.807, 2.05) is 31.2 Å². The van der Waals surface area contributed by atoms with E-state index >= 15 is 0 Å². The second kappa shape index (κ2) is 8.08. The van der Waals surface area contributed by atoms with Crippen LogP contribution < -0.4 is 10.6 Å².